The van der Waals surface area contributed by atoms with E-state index >= 15 is 0 Å². The molecule has 4 aromatic rings. The average Bonchev–Trinajstić information content (AvgIpc) is 3.34. The number of hydrogen-bond donors (Lipinski definition) is 1. The third kappa shape index (κ3) is 3.93. The molecule has 5 rings (SSSR count). The number of hydrogen-bond acceptors (Lipinski definition) is 3. The van der Waals surface area contributed by atoms with E-state index in [1.54, 1.807) is 7.11 Å². The quantitative estimate of drug-likeness (QED) is 0.332. The highest BCUT2D eigenvalue weighted by atomic mass is 35.5. The van der Waals surface area contributed by atoms with Crippen LogP contribution in [0.15, 0.2) is 79.0 Å². The van der Waals surface area contributed by atoms with E-state index < -0.39 is 0 Å². The zero-order valence-electron chi connectivity index (χ0n) is 19.2. The summed E-state index contributed by atoms with van der Waals surface area (Å²) in [5.74, 6) is 0.804. The number of anilines is 1. The van der Waals surface area contributed by atoms with Crippen LogP contribution in [0.2, 0.25) is 5.02 Å². The number of methoxy groups -OCH3 is 1. The molecule has 0 saturated carbocycles. The Morgan fingerprint density at radius 3 is 2.44 bits per heavy atom. The molecule has 1 aliphatic rings. The molecule has 0 amide bonds. The Bertz CT molecular complexity index is 1340. The first-order valence-corrected chi connectivity index (χ1v) is 11.9. The second-order valence-corrected chi connectivity index (χ2v) is 9.16. The van der Waals surface area contributed by atoms with Crippen molar-refractivity contribution in [3.63, 3.8) is 0 Å². The van der Waals surface area contributed by atoms with Gasteiger partial charge in [-0.25, -0.2) is 0 Å². The van der Waals surface area contributed by atoms with Crippen molar-refractivity contribution in [1.82, 2.24) is 14.9 Å². The molecule has 1 N–H and O–H groups in total. The summed E-state index contributed by atoms with van der Waals surface area (Å²) in [6.45, 7) is 4.26. The van der Waals surface area contributed by atoms with E-state index in [-0.39, 0.29) is 12.1 Å². The van der Waals surface area contributed by atoms with Crippen molar-refractivity contribution in [2.24, 2.45) is 0 Å². The van der Waals surface area contributed by atoms with Crippen molar-refractivity contribution in [1.29, 1.82) is 0 Å². The van der Waals surface area contributed by atoms with Gasteiger partial charge in [0.15, 0.2) is 5.11 Å². The molecule has 34 heavy (non-hydrogen) atoms. The first-order valence-electron chi connectivity index (χ1n) is 11.1. The third-order valence-electron chi connectivity index (χ3n) is 6.30. The van der Waals surface area contributed by atoms with Crippen molar-refractivity contribution >= 4 is 34.6 Å². The fourth-order valence-electron chi connectivity index (χ4n) is 4.79. The molecular weight excluding hydrogens is 464 g/mol. The first-order chi connectivity index (χ1) is 16.5. The fourth-order valence-corrected chi connectivity index (χ4v) is 5.32. The number of aryl methyl sites for hydroxylation is 1. The Hall–Kier alpha value is -3.35. The molecule has 0 spiro atoms. The van der Waals surface area contributed by atoms with Crippen LogP contribution in [0.5, 0.6) is 5.75 Å². The maximum atomic E-state index is 6.32. The number of benzene rings is 2. The molecule has 0 bridgehead atoms. The number of nitrogens with zero attached hydrogens (tertiary/aromatic N) is 3. The maximum Gasteiger partial charge on any atom is 0.174 e. The molecule has 2 atom stereocenters. The lowest BCUT2D eigenvalue weighted by Gasteiger charge is -2.28. The minimum Gasteiger partial charge on any atom is -0.497 e. The molecule has 2 aromatic carbocycles. The maximum absolute atomic E-state index is 6.32. The summed E-state index contributed by atoms with van der Waals surface area (Å²) >= 11 is 12.2. The Morgan fingerprint density at radius 2 is 1.76 bits per heavy atom. The lowest BCUT2D eigenvalue weighted by atomic mass is 9.96. The lowest BCUT2D eigenvalue weighted by Crippen LogP contribution is -2.29. The predicted molar refractivity (Wildman–Crippen MR) is 141 cm³/mol. The van der Waals surface area contributed by atoms with E-state index in [4.69, 9.17) is 28.6 Å². The number of rotatable bonds is 5. The first kappa shape index (κ1) is 22.4. The minimum atomic E-state index is -0.107. The van der Waals surface area contributed by atoms with Crippen molar-refractivity contribution in [2.75, 3.05) is 12.0 Å². The van der Waals surface area contributed by atoms with Crippen molar-refractivity contribution in [3.8, 4) is 11.4 Å². The van der Waals surface area contributed by atoms with E-state index in [1.165, 1.54) is 5.56 Å². The van der Waals surface area contributed by atoms with Gasteiger partial charge < -0.3 is 19.5 Å². The average molecular weight is 489 g/mol. The Kier molecular flexibility index (Phi) is 6.02. The van der Waals surface area contributed by atoms with E-state index in [9.17, 15) is 0 Å². The minimum absolute atomic E-state index is 0.0880. The van der Waals surface area contributed by atoms with Gasteiger partial charge in [0, 0.05) is 34.0 Å². The Balaban J connectivity index is 1.67. The molecule has 1 saturated heterocycles. The SMILES string of the molecule is COc1ccc(N2C(=S)N[C@H](c3ccccn3)[C@H]2c2cc(C)n(-c3cccc(Cl)c3)c2C)cc1. The second-order valence-electron chi connectivity index (χ2n) is 8.34. The summed E-state index contributed by atoms with van der Waals surface area (Å²) in [7, 11) is 1.67. The smallest absolute Gasteiger partial charge is 0.174 e. The van der Waals surface area contributed by atoms with Crippen molar-refractivity contribution < 1.29 is 4.74 Å². The summed E-state index contributed by atoms with van der Waals surface area (Å²) in [6, 6.07) is 23.9. The number of ether oxygens (including phenoxy) is 1. The van der Waals surface area contributed by atoms with Crippen LogP contribution in [0.25, 0.3) is 5.69 Å². The monoisotopic (exact) mass is 488 g/mol. The summed E-state index contributed by atoms with van der Waals surface area (Å²) in [5, 5.41) is 4.91. The van der Waals surface area contributed by atoms with Crippen molar-refractivity contribution in [2.45, 2.75) is 25.9 Å². The number of halogens is 1. The van der Waals surface area contributed by atoms with E-state index in [1.807, 2.05) is 66.9 Å². The largest absolute Gasteiger partial charge is 0.497 e. The topological polar surface area (TPSA) is 42.3 Å². The van der Waals surface area contributed by atoms with Gasteiger partial charge in [0.2, 0.25) is 0 Å². The number of pyridine rings is 1. The highest BCUT2D eigenvalue weighted by Crippen LogP contribution is 2.44. The van der Waals surface area contributed by atoms with Crippen LogP contribution in [0.1, 0.15) is 34.7 Å². The van der Waals surface area contributed by atoms with Gasteiger partial charge in [-0.3, -0.25) is 4.98 Å². The van der Waals surface area contributed by atoms with Gasteiger partial charge in [-0.2, -0.15) is 0 Å². The molecule has 2 aromatic heterocycles. The van der Waals surface area contributed by atoms with Crippen molar-refractivity contribution in [3.05, 3.63) is 107 Å². The predicted octanol–water partition coefficient (Wildman–Crippen LogP) is 6.33. The van der Waals surface area contributed by atoms with Gasteiger partial charge in [0.05, 0.1) is 24.9 Å². The zero-order valence-corrected chi connectivity index (χ0v) is 20.8. The number of aromatic nitrogens is 2. The lowest BCUT2D eigenvalue weighted by molar-refractivity contribution is 0.415. The van der Waals surface area contributed by atoms with Gasteiger partial charge in [-0.1, -0.05) is 23.7 Å². The van der Waals surface area contributed by atoms with Gasteiger partial charge >= 0.3 is 0 Å². The normalized spacial score (nSPS) is 17.6. The van der Waals surface area contributed by atoms with E-state index in [0.29, 0.717) is 10.1 Å². The molecule has 0 aliphatic carbocycles. The van der Waals surface area contributed by atoms with Crippen LogP contribution in [-0.2, 0) is 0 Å². The fraction of sp³-hybridized carbons (Fsp3) is 0.185. The molecular formula is C27H25ClN4OS. The molecule has 5 nitrogen and oxygen atoms in total. The zero-order chi connectivity index (χ0) is 23.8. The Morgan fingerprint density at radius 1 is 0.971 bits per heavy atom. The number of thiocarbonyl (C=S) groups is 1. The highest BCUT2D eigenvalue weighted by Gasteiger charge is 2.42. The molecule has 3 heterocycles. The molecule has 1 aliphatic heterocycles. The van der Waals surface area contributed by atoms with Gasteiger partial charge in [-0.05, 0) is 92.3 Å². The second kappa shape index (κ2) is 9.12. The molecule has 0 unspecified atom stereocenters. The van der Waals surface area contributed by atoms with Crippen LogP contribution >= 0.6 is 23.8 Å². The molecule has 0 radical (unpaired) electrons. The van der Waals surface area contributed by atoms with Crippen LogP contribution < -0.4 is 15.0 Å². The van der Waals surface area contributed by atoms with Crippen LogP contribution in [-0.4, -0.2) is 21.8 Å². The van der Waals surface area contributed by atoms with Crippen LogP contribution in [0, 0.1) is 13.8 Å². The molecule has 172 valence electrons. The van der Waals surface area contributed by atoms with Crippen LogP contribution in [0.4, 0.5) is 5.69 Å². The highest BCUT2D eigenvalue weighted by molar-refractivity contribution is 7.80. The molecule has 1 fully saturated rings. The van der Waals surface area contributed by atoms with Gasteiger partial charge in [0.1, 0.15) is 5.75 Å². The summed E-state index contributed by atoms with van der Waals surface area (Å²) < 4.78 is 7.61. The summed E-state index contributed by atoms with van der Waals surface area (Å²) in [6.07, 6.45) is 1.82. The summed E-state index contributed by atoms with van der Waals surface area (Å²) in [5.41, 5.74) is 6.41. The van der Waals surface area contributed by atoms with Gasteiger partial charge in [0.25, 0.3) is 0 Å². The van der Waals surface area contributed by atoms with E-state index in [0.717, 1.165) is 34.2 Å². The number of nitrogens with one attached hydrogen (secondary N) is 1. The summed E-state index contributed by atoms with van der Waals surface area (Å²) in [4.78, 5) is 6.84. The third-order valence-corrected chi connectivity index (χ3v) is 6.85. The standard InChI is InChI=1S/C27H25ClN4OS/c1-17-15-23(18(2)31(17)21-8-6-7-19(28)16-21)26-25(24-9-4-5-14-29-24)30-27(34)32(26)20-10-12-22(33-3)13-11-20/h4-16,25-26H,1-3H3,(H,30,34)/t25-,26-/m1/s1. The Labute approximate surface area is 210 Å². The van der Waals surface area contributed by atoms with Gasteiger partial charge in [-0.15, -0.1) is 0 Å². The molecule has 7 heteroatoms. The van der Waals surface area contributed by atoms with Crippen LogP contribution in [0.3, 0.4) is 0 Å². The van der Waals surface area contributed by atoms with E-state index in [2.05, 4.69) is 45.7 Å².